The van der Waals surface area contributed by atoms with Crippen LogP contribution in [0.4, 0.5) is 0 Å². The van der Waals surface area contributed by atoms with Crippen LogP contribution >= 0.6 is 0 Å². The number of carbonyl (C=O) groups is 1. The van der Waals surface area contributed by atoms with Crippen molar-refractivity contribution >= 4 is 22.0 Å². The normalized spacial score (nSPS) is 11.5. The highest BCUT2D eigenvalue weighted by atomic mass is 32.2. The number of hydrogen-bond donors (Lipinski definition) is 2. The molecule has 0 bridgehead atoms. The predicted octanol–water partition coefficient (Wildman–Crippen LogP) is 2.72. The highest BCUT2D eigenvalue weighted by molar-refractivity contribution is 7.92. The molecule has 2 aromatic rings. The maximum Gasteiger partial charge on any atom is 0.233 e. The third kappa shape index (κ3) is 8.09. The number of carbonyl (C=O) groups excluding carboxylic acids is 1. The largest absolute Gasteiger partial charge is 0.356 e. The quantitative estimate of drug-likeness (QED) is 0.630. The van der Waals surface area contributed by atoms with Gasteiger partial charge in [0, 0.05) is 24.9 Å². The summed E-state index contributed by atoms with van der Waals surface area (Å²) in [5.41, 5.74) is 2.04. The van der Waals surface area contributed by atoms with Crippen molar-refractivity contribution in [3.63, 3.8) is 0 Å². The van der Waals surface area contributed by atoms with Crippen molar-refractivity contribution in [2.45, 2.75) is 19.3 Å². The van der Waals surface area contributed by atoms with E-state index in [4.69, 9.17) is 0 Å². The standard InChI is InChI=1S/C20H24N2O3S/c23-20(21-15-7-12-18-8-3-1-4-9-18)13-16-22-26(24,25)17-14-19-10-5-2-6-11-19/h1-6,8-11,14,17,22H,7,12-13,15-16H2,(H,21,23)/b17-14+. The van der Waals surface area contributed by atoms with Crippen LogP contribution in [0.2, 0.25) is 0 Å². The van der Waals surface area contributed by atoms with Gasteiger partial charge in [-0.25, -0.2) is 13.1 Å². The smallest absolute Gasteiger partial charge is 0.233 e. The van der Waals surface area contributed by atoms with Crippen LogP contribution in [0.15, 0.2) is 66.1 Å². The Bertz CT molecular complexity index is 803. The average molecular weight is 372 g/mol. The van der Waals surface area contributed by atoms with Crippen LogP contribution in [0.25, 0.3) is 6.08 Å². The third-order valence-corrected chi connectivity index (χ3v) is 4.80. The molecule has 6 heteroatoms. The summed E-state index contributed by atoms with van der Waals surface area (Å²) >= 11 is 0. The third-order valence-electron chi connectivity index (χ3n) is 3.70. The molecule has 0 unspecified atom stereocenters. The Kier molecular flexibility index (Phi) is 8.05. The highest BCUT2D eigenvalue weighted by Gasteiger charge is 2.07. The lowest BCUT2D eigenvalue weighted by Crippen LogP contribution is -2.30. The zero-order valence-corrected chi connectivity index (χ0v) is 15.4. The molecule has 0 heterocycles. The van der Waals surface area contributed by atoms with E-state index < -0.39 is 10.0 Å². The first-order valence-corrected chi connectivity index (χ1v) is 10.1. The van der Waals surface area contributed by atoms with E-state index in [2.05, 4.69) is 22.2 Å². The van der Waals surface area contributed by atoms with Gasteiger partial charge in [0.15, 0.2) is 0 Å². The van der Waals surface area contributed by atoms with Crippen LogP contribution in [0.5, 0.6) is 0 Å². The number of benzene rings is 2. The van der Waals surface area contributed by atoms with Gasteiger partial charge in [-0.2, -0.15) is 0 Å². The van der Waals surface area contributed by atoms with Crippen molar-refractivity contribution < 1.29 is 13.2 Å². The molecule has 0 radical (unpaired) electrons. The lowest BCUT2D eigenvalue weighted by atomic mass is 10.1. The van der Waals surface area contributed by atoms with Crippen LogP contribution < -0.4 is 10.0 Å². The number of nitrogens with one attached hydrogen (secondary N) is 2. The number of sulfonamides is 1. The second-order valence-electron chi connectivity index (χ2n) is 5.84. The van der Waals surface area contributed by atoms with Crippen LogP contribution in [-0.2, 0) is 21.2 Å². The highest BCUT2D eigenvalue weighted by Crippen LogP contribution is 2.03. The van der Waals surface area contributed by atoms with E-state index in [1.54, 1.807) is 0 Å². The van der Waals surface area contributed by atoms with E-state index >= 15 is 0 Å². The van der Waals surface area contributed by atoms with Crippen molar-refractivity contribution in [2.24, 2.45) is 0 Å². The zero-order valence-electron chi connectivity index (χ0n) is 14.6. The molecule has 0 aromatic heterocycles. The number of rotatable bonds is 10. The number of aryl methyl sites for hydroxylation is 1. The Morgan fingerprint density at radius 3 is 2.27 bits per heavy atom. The molecule has 0 aliphatic rings. The molecule has 2 aromatic carbocycles. The van der Waals surface area contributed by atoms with E-state index in [-0.39, 0.29) is 18.9 Å². The maximum atomic E-state index is 11.9. The molecule has 26 heavy (non-hydrogen) atoms. The van der Waals surface area contributed by atoms with Gasteiger partial charge in [-0.15, -0.1) is 0 Å². The molecule has 138 valence electrons. The fourth-order valence-corrected chi connectivity index (χ4v) is 3.16. The van der Waals surface area contributed by atoms with Gasteiger partial charge in [0.05, 0.1) is 0 Å². The first-order chi connectivity index (χ1) is 12.6. The van der Waals surface area contributed by atoms with Gasteiger partial charge >= 0.3 is 0 Å². The fourth-order valence-electron chi connectivity index (χ4n) is 2.34. The first kappa shape index (κ1) is 19.9. The lowest BCUT2D eigenvalue weighted by molar-refractivity contribution is -0.120. The summed E-state index contributed by atoms with van der Waals surface area (Å²) in [6.45, 7) is 0.653. The van der Waals surface area contributed by atoms with E-state index in [1.165, 1.54) is 11.6 Å². The number of hydrogen-bond acceptors (Lipinski definition) is 3. The van der Waals surface area contributed by atoms with Gasteiger partial charge in [-0.1, -0.05) is 60.7 Å². The molecule has 0 atom stereocenters. The molecule has 0 spiro atoms. The van der Waals surface area contributed by atoms with Crippen molar-refractivity contribution in [2.75, 3.05) is 13.1 Å². The van der Waals surface area contributed by atoms with Gasteiger partial charge in [0.1, 0.15) is 0 Å². The first-order valence-electron chi connectivity index (χ1n) is 8.58. The lowest BCUT2D eigenvalue weighted by Gasteiger charge is -2.06. The molecule has 5 nitrogen and oxygen atoms in total. The Morgan fingerprint density at radius 2 is 1.58 bits per heavy atom. The summed E-state index contributed by atoms with van der Waals surface area (Å²) in [6.07, 6.45) is 3.38. The summed E-state index contributed by atoms with van der Waals surface area (Å²) in [5.74, 6) is -0.159. The molecule has 1 amide bonds. The Balaban J connectivity index is 1.62. The minimum absolute atomic E-state index is 0.0754. The van der Waals surface area contributed by atoms with E-state index in [0.29, 0.717) is 6.54 Å². The van der Waals surface area contributed by atoms with Crippen molar-refractivity contribution in [3.8, 4) is 0 Å². The summed E-state index contributed by atoms with van der Waals surface area (Å²) in [7, 11) is -3.55. The summed E-state index contributed by atoms with van der Waals surface area (Å²) < 4.78 is 26.1. The van der Waals surface area contributed by atoms with Gasteiger partial charge in [0.2, 0.25) is 15.9 Å². The molecule has 2 N–H and O–H groups in total. The predicted molar refractivity (Wildman–Crippen MR) is 105 cm³/mol. The van der Waals surface area contributed by atoms with Gasteiger partial charge in [-0.05, 0) is 30.0 Å². The minimum Gasteiger partial charge on any atom is -0.356 e. The van der Waals surface area contributed by atoms with E-state index in [0.717, 1.165) is 23.8 Å². The summed E-state index contributed by atoms with van der Waals surface area (Å²) in [4.78, 5) is 11.8. The van der Waals surface area contributed by atoms with Crippen LogP contribution in [-0.4, -0.2) is 27.4 Å². The molecular weight excluding hydrogens is 348 g/mol. The Morgan fingerprint density at radius 1 is 0.923 bits per heavy atom. The minimum atomic E-state index is -3.55. The van der Waals surface area contributed by atoms with Gasteiger partial charge in [-0.3, -0.25) is 4.79 Å². The number of amides is 1. The van der Waals surface area contributed by atoms with E-state index in [9.17, 15) is 13.2 Å². The van der Waals surface area contributed by atoms with Crippen LogP contribution in [0, 0.1) is 0 Å². The Hall–Kier alpha value is -2.44. The second kappa shape index (κ2) is 10.5. The van der Waals surface area contributed by atoms with Crippen molar-refractivity contribution in [3.05, 3.63) is 77.2 Å². The van der Waals surface area contributed by atoms with Crippen LogP contribution in [0.3, 0.4) is 0 Å². The molecule has 2 rings (SSSR count). The zero-order chi connectivity index (χ0) is 18.7. The van der Waals surface area contributed by atoms with Crippen LogP contribution in [0.1, 0.15) is 24.0 Å². The van der Waals surface area contributed by atoms with Crippen molar-refractivity contribution in [1.82, 2.24) is 10.0 Å². The molecule has 0 aliphatic heterocycles. The van der Waals surface area contributed by atoms with E-state index in [1.807, 2.05) is 48.5 Å². The second-order valence-corrected chi connectivity index (χ2v) is 7.49. The molecule has 0 saturated carbocycles. The fraction of sp³-hybridized carbons (Fsp3) is 0.250. The monoisotopic (exact) mass is 372 g/mol. The molecule has 0 fully saturated rings. The van der Waals surface area contributed by atoms with Gasteiger partial charge in [0.25, 0.3) is 0 Å². The van der Waals surface area contributed by atoms with Crippen molar-refractivity contribution in [1.29, 1.82) is 0 Å². The summed E-state index contributed by atoms with van der Waals surface area (Å²) in [5, 5.41) is 3.92. The molecule has 0 saturated heterocycles. The summed E-state index contributed by atoms with van der Waals surface area (Å²) in [6, 6.07) is 19.2. The Labute approximate surface area is 155 Å². The topological polar surface area (TPSA) is 75.3 Å². The SMILES string of the molecule is O=C(CCNS(=O)(=O)/C=C/c1ccccc1)NCCCc1ccccc1. The average Bonchev–Trinajstić information content (AvgIpc) is 2.65. The molecule has 0 aliphatic carbocycles. The maximum absolute atomic E-state index is 11.9. The molecular formula is C20H24N2O3S. The van der Waals surface area contributed by atoms with Gasteiger partial charge < -0.3 is 5.32 Å².